The number of carbonyl (C=O) groups is 1. The van der Waals surface area contributed by atoms with Crippen LogP contribution in [0.3, 0.4) is 0 Å². The summed E-state index contributed by atoms with van der Waals surface area (Å²) in [4.78, 5) is 33.6. The summed E-state index contributed by atoms with van der Waals surface area (Å²) >= 11 is 0. The van der Waals surface area contributed by atoms with Crippen LogP contribution in [-0.4, -0.2) is 67.2 Å². The first-order valence-corrected chi connectivity index (χ1v) is 5.73. The Kier molecular flexibility index (Phi) is 9.86. The van der Waals surface area contributed by atoms with Crippen LogP contribution in [-0.2, 0) is 14.1 Å². The fourth-order valence-electron chi connectivity index (χ4n) is 0.980. The summed E-state index contributed by atoms with van der Waals surface area (Å²) in [5, 5.41) is 35.5. The number of rotatable bonds is 1. The average Bonchev–Trinajstić information content (AvgIpc) is 2.18. The maximum Gasteiger partial charge on any atom is 1.00 e. The van der Waals surface area contributed by atoms with Crippen molar-refractivity contribution in [2.75, 3.05) is 6.61 Å². The third-order valence-corrected chi connectivity index (χ3v) is 1.74. The van der Waals surface area contributed by atoms with Crippen molar-refractivity contribution in [3.63, 3.8) is 0 Å². The van der Waals surface area contributed by atoms with Gasteiger partial charge in [-0.15, -0.1) is 0 Å². The van der Waals surface area contributed by atoms with E-state index in [2.05, 4.69) is 4.74 Å². The first-order valence-electron chi connectivity index (χ1n) is 4.20. The topological polar surface area (TPSA) is 188 Å². The molecule has 0 radical (unpaired) electrons. The van der Waals surface area contributed by atoms with Crippen LogP contribution in [0.4, 0.5) is 0 Å². The molecule has 6 N–H and O–H groups in total. The van der Waals surface area contributed by atoms with E-state index in [1.807, 2.05) is 0 Å². The van der Waals surface area contributed by atoms with Crippen LogP contribution in [0, 0.1) is 0 Å². The molecule has 1 heterocycles. The largest absolute Gasteiger partial charge is 1.00 e. The van der Waals surface area contributed by atoms with Gasteiger partial charge in [0.05, 0.1) is 6.61 Å². The molecule has 0 aromatic heterocycles. The van der Waals surface area contributed by atoms with E-state index in [0.29, 0.717) is 0 Å². The second-order valence-corrected chi connectivity index (χ2v) is 4.06. The number of hydrogen-bond donors (Lipinski definition) is 6. The number of hydrogen-bond acceptors (Lipinski definition) is 8. The molecule has 0 amide bonds. The van der Waals surface area contributed by atoms with E-state index >= 15 is 0 Å². The molecule has 18 heavy (non-hydrogen) atoms. The SMILES string of the molecule is O=C1O[C@H](CO)[C@@H](O)[C@H](O)[C@H]1O.O=P([O-])(O)O.[Na+]. The zero-order valence-electron chi connectivity index (χ0n) is 9.28. The number of phosphoric acid groups is 1. The van der Waals surface area contributed by atoms with Crippen LogP contribution in [0.2, 0.25) is 0 Å². The molecule has 12 heteroatoms. The number of cyclic esters (lactones) is 1. The molecule has 1 rings (SSSR count). The summed E-state index contributed by atoms with van der Waals surface area (Å²) in [5.41, 5.74) is 0. The monoisotopic (exact) mass is 298 g/mol. The van der Waals surface area contributed by atoms with E-state index in [4.69, 9.17) is 39.7 Å². The van der Waals surface area contributed by atoms with Crippen molar-refractivity contribution in [2.24, 2.45) is 0 Å². The molecule has 10 nitrogen and oxygen atoms in total. The van der Waals surface area contributed by atoms with Crippen molar-refractivity contribution in [3.8, 4) is 0 Å². The van der Waals surface area contributed by atoms with E-state index in [0.717, 1.165) is 0 Å². The van der Waals surface area contributed by atoms with Gasteiger partial charge in [0.25, 0.3) is 7.82 Å². The Hall–Kier alpha value is 0.420. The molecule has 1 aliphatic heterocycles. The molecule has 1 fully saturated rings. The van der Waals surface area contributed by atoms with Crippen molar-refractivity contribution in [3.05, 3.63) is 0 Å². The Balaban J connectivity index is 0. The van der Waals surface area contributed by atoms with Gasteiger partial charge in [-0.05, 0) is 0 Å². The fraction of sp³-hybridized carbons (Fsp3) is 0.833. The van der Waals surface area contributed by atoms with Crippen LogP contribution < -0.4 is 34.5 Å². The van der Waals surface area contributed by atoms with Gasteiger partial charge in [0, 0.05) is 0 Å². The summed E-state index contributed by atoms with van der Waals surface area (Å²) in [6.45, 7) is -0.587. The Bertz CT molecular complexity index is 294. The van der Waals surface area contributed by atoms with Gasteiger partial charge in [-0.3, -0.25) is 4.57 Å². The second-order valence-electron chi connectivity index (χ2n) is 3.07. The van der Waals surface area contributed by atoms with Crippen molar-refractivity contribution in [1.82, 2.24) is 0 Å². The summed E-state index contributed by atoms with van der Waals surface area (Å²) in [6, 6.07) is 0. The van der Waals surface area contributed by atoms with Crippen LogP contribution >= 0.6 is 7.82 Å². The van der Waals surface area contributed by atoms with Crippen molar-refractivity contribution < 1.29 is 78.8 Å². The minimum Gasteiger partial charge on any atom is -0.756 e. The molecular weight excluding hydrogens is 286 g/mol. The van der Waals surface area contributed by atoms with E-state index < -0.39 is 44.8 Å². The predicted octanol–water partition coefficient (Wildman–Crippen LogP) is -7.57. The van der Waals surface area contributed by atoms with Crippen LogP contribution in [0.25, 0.3) is 0 Å². The van der Waals surface area contributed by atoms with Crippen molar-refractivity contribution in [1.29, 1.82) is 0 Å². The van der Waals surface area contributed by atoms with Crippen molar-refractivity contribution in [2.45, 2.75) is 24.4 Å². The van der Waals surface area contributed by atoms with E-state index in [1.165, 1.54) is 0 Å². The average molecular weight is 298 g/mol. The van der Waals surface area contributed by atoms with Crippen LogP contribution in [0.5, 0.6) is 0 Å². The molecule has 0 spiro atoms. The van der Waals surface area contributed by atoms with Gasteiger partial charge in [-0.25, -0.2) is 4.79 Å². The Labute approximate surface area is 123 Å². The van der Waals surface area contributed by atoms with Crippen molar-refractivity contribution >= 4 is 13.8 Å². The third-order valence-electron chi connectivity index (χ3n) is 1.74. The first-order chi connectivity index (χ1) is 7.57. The Morgan fingerprint density at radius 2 is 1.61 bits per heavy atom. The quantitative estimate of drug-likeness (QED) is 0.154. The van der Waals surface area contributed by atoms with Gasteiger partial charge in [-0.2, -0.15) is 0 Å². The molecule has 0 bridgehead atoms. The second kappa shape index (κ2) is 8.56. The molecule has 1 saturated heterocycles. The van der Waals surface area contributed by atoms with Gasteiger partial charge in [0.15, 0.2) is 12.2 Å². The summed E-state index contributed by atoms with van der Waals surface area (Å²) < 4.78 is 13.2. The summed E-state index contributed by atoms with van der Waals surface area (Å²) in [7, 11) is -4.89. The number of carbonyl (C=O) groups excluding carboxylic acids is 1. The smallest absolute Gasteiger partial charge is 0.756 e. The third kappa shape index (κ3) is 7.77. The molecule has 0 unspecified atom stereocenters. The maximum absolute atomic E-state index is 10.7. The number of ether oxygens (including phenoxy) is 1. The predicted molar refractivity (Wildman–Crippen MR) is 47.0 cm³/mol. The zero-order valence-corrected chi connectivity index (χ0v) is 12.2. The first kappa shape index (κ1) is 20.7. The van der Waals surface area contributed by atoms with Gasteiger partial charge in [0.1, 0.15) is 12.2 Å². The van der Waals surface area contributed by atoms with Gasteiger partial charge in [0.2, 0.25) is 0 Å². The zero-order chi connectivity index (χ0) is 13.8. The molecular formula is C6H12NaO10P. The molecule has 0 aliphatic carbocycles. The molecule has 0 saturated carbocycles. The minimum absolute atomic E-state index is 0. The maximum atomic E-state index is 10.7. The Morgan fingerprint density at radius 3 is 1.94 bits per heavy atom. The number of aliphatic hydroxyl groups is 4. The molecule has 4 atom stereocenters. The fourth-order valence-corrected chi connectivity index (χ4v) is 0.980. The van der Waals surface area contributed by atoms with Crippen LogP contribution in [0.15, 0.2) is 0 Å². The minimum atomic E-state index is -4.89. The van der Waals surface area contributed by atoms with E-state index in [1.54, 1.807) is 0 Å². The van der Waals surface area contributed by atoms with Gasteiger partial charge < -0.3 is 39.8 Å². The standard InChI is InChI=1S/C6H10O6.Na.H3O4P/c7-1-2-3(8)4(9)5(10)6(11)12-2;;1-5(2,3)4/h2-5,7-10H,1H2;;(H3,1,2,3,4)/q;+1;/p-1/t2-,3-,4+,5-;;/m1../s1. The van der Waals surface area contributed by atoms with Crippen LogP contribution in [0.1, 0.15) is 0 Å². The van der Waals surface area contributed by atoms with Gasteiger partial charge >= 0.3 is 35.5 Å². The molecule has 102 valence electrons. The van der Waals surface area contributed by atoms with Gasteiger partial charge in [-0.1, -0.05) is 0 Å². The summed E-state index contributed by atoms with van der Waals surface area (Å²) in [5.74, 6) is -1.04. The van der Waals surface area contributed by atoms with E-state index in [9.17, 15) is 4.79 Å². The Morgan fingerprint density at radius 1 is 1.22 bits per heavy atom. The number of aliphatic hydroxyl groups excluding tert-OH is 4. The molecule has 1 aliphatic rings. The number of esters is 1. The molecule has 0 aromatic rings. The normalized spacial score (nSPS) is 31.6. The summed E-state index contributed by atoms with van der Waals surface area (Å²) in [6.07, 6.45) is -5.93. The molecule has 0 aromatic carbocycles. The van der Waals surface area contributed by atoms with E-state index in [-0.39, 0.29) is 29.6 Å².